The molecule has 0 aromatic rings. The minimum atomic E-state index is 0.764. The van der Waals surface area contributed by atoms with Gasteiger partial charge in [0.25, 0.3) is 0 Å². The van der Waals surface area contributed by atoms with E-state index in [1.165, 1.54) is 38.8 Å². The van der Waals surface area contributed by atoms with Crippen LogP contribution in [0.1, 0.15) is 32.6 Å². The molecule has 0 saturated heterocycles. The summed E-state index contributed by atoms with van der Waals surface area (Å²) < 4.78 is 0. The van der Waals surface area contributed by atoms with Crippen LogP contribution < -0.4 is 5.32 Å². The van der Waals surface area contributed by atoms with Gasteiger partial charge in [0.2, 0.25) is 0 Å². The van der Waals surface area contributed by atoms with Crippen LogP contribution in [0.25, 0.3) is 0 Å². The molecule has 0 radical (unpaired) electrons. The van der Waals surface area contributed by atoms with Gasteiger partial charge in [-0.1, -0.05) is 6.92 Å². The largest absolute Gasteiger partial charge is 0.315 e. The topological polar surface area (TPSA) is 15.3 Å². The van der Waals surface area contributed by atoms with Gasteiger partial charge in [0.15, 0.2) is 0 Å². The van der Waals surface area contributed by atoms with Crippen LogP contribution >= 0.6 is 0 Å². The molecule has 0 bridgehead atoms. The Balaban J connectivity index is 1.78. The quantitative estimate of drug-likeness (QED) is 0.669. The third kappa shape index (κ3) is 2.44. The summed E-state index contributed by atoms with van der Waals surface area (Å²) in [5.41, 5.74) is 0. The van der Waals surface area contributed by atoms with Crippen LogP contribution in [0.15, 0.2) is 0 Å². The SMILES string of the molecule is CCN(CC(NC)C1CC1)C1CC1. The van der Waals surface area contributed by atoms with Crippen molar-refractivity contribution in [3.05, 3.63) is 0 Å². The van der Waals surface area contributed by atoms with Crippen molar-refractivity contribution in [3.63, 3.8) is 0 Å². The van der Waals surface area contributed by atoms with Gasteiger partial charge in [-0.2, -0.15) is 0 Å². The molecule has 0 aromatic carbocycles. The Kier molecular flexibility index (Phi) is 2.89. The fraction of sp³-hybridized carbons (Fsp3) is 1.00. The minimum absolute atomic E-state index is 0.764. The highest BCUT2D eigenvalue weighted by Gasteiger charge is 2.34. The Bertz CT molecular complexity index is 143. The van der Waals surface area contributed by atoms with Crippen LogP contribution in [0.5, 0.6) is 0 Å². The van der Waals surface area contributed by atoms with Gasteiger partial charge in [-0.05, 0) is 45.2 Å². The smallest absolute Gasteiger partial charge is 0.0220 e. The van der Waals surface area contributed by atoms with Gasteiger partial charge in [0.1, 0.15) is 0 Å². The van der Waals surface area contributed by atoms with Gasteiger partial charge in [-0.15, -0.1) is 0 Å². The molecule has 0 aromatic heterocycles. The minimum Gasteiger partial charge on any atom is -0.315 e. The summed E-state index contributed by atoms with van der Waals surface area (Å²) in [6.07, 6.45) is 5.78. The van der Waals surface area contributed by atoms with Crippen molar-refractivity contribution in [2.75, 3.05) is 20.1 Å². The molecule has 2 aliphatic rings. The second kappa shape index (κ2) is 3.97. The number of likely N-dealkylation sites (N-methyl/N-ethyl adjacent to an activating group) is 2. The third-order valence-electron chi connectivity index (χ3n) is 3.46. The molecule has 1 N–H and O–H groups in total. The summed E-state index contributed by atoms with van der Waals surface area (Å²) in [5.74, 6) is 0.984. The van der Waals surface area contributed by atoms with E-state index in [0.29, 0.717) is 0 Å². The standard InChI is InChI=1S/C11H22N2/c1-3-13(10-6-7-10)8-11(12-2)9-4-5-9/h9-12H,3-8H2,1-2H3. The van der Waals surface area contributed by atoms with E-state index in [1.54, 1.807) is 0 Å². The molecule has 0 heterocycles. The zero-order valence-electron chi connectivity index (χ0n) is 8.92. The van der Waals surface area contributed by atoms with Gasteiger partial charge < -0.3 is 5.32 Å². The van der Waals surface area contributed by atoms with E-state index >= 15 is 0 Å². The lowest BCUT2D eigenvalue weighted by atomic mass is 10.1. The number of rotatable bonds is 6. The van der Waals surface area contributed by atoms with Crippen molar-refractivity contribution >= 4 is 0 Å². The Labute approximate surface area is 81.7 Å². The van der Waals surface area contributed by atoms with Crippen molar-refractivity contribution < 1.29 is 0 Å². The summed E-state index contributed by atoms with van der Waals surface area (Å²) in [4.78, 5) is 2.65. The Morgan fingerprint density at radius 2 is 2.00 bits per heavy atom. The molecule has 2 aliphatic carbocycles. The van der Waals surface area contributed by atoms with Gasteiger partial charge in [0.05, 0.1) is 0 Å². The van der Waals surface area contributed by atoms with E-state index < -0.39 is 0 Å². The summed E-state index contributed by atoms with van der Waals surface area (Å²) in [6, 6.07) is 1.69. The zero-order valence-corrected chi connectivity index (χ0v) is 8.92. The van der Waals surface area contributed by atoms with E-state index in [2.05, 4.69) is 24.2 Å². The first-order chi connectivity index (χ1) is 6.35. The number of hydrogen-bond donors (Lipinski definition) is 1. The molecule has 13 heavy (non-hydrogen) atoms. The maximum absolute atomic E-state index is 3.47. The zero-order chi connectivity index (χ0) is 9.26. The molecule has 0 spiro atoms. The normalized spacial score (nSPS) is 25.2. The maximum Gasteiger partial charge on any atom is 0.0220 e. The molecule has 0 aliphatic heterocycles. The number of nitrogens with one attached hydrogen (secondary N) is 1. The van der Waals surface area contributed by atoms with Crippen molar-refractivity contribution in [1.82, 2.24) is 10.2 Å². The van der Waals surface area contributed by atoms with Crippen LogP contribution in [0.4, 0.5) is 0 Å². The van der Waals surface area contributed by atoms with Crippen LogP contribution in [0.2, 0.25) is 0 Å². The molecule has 2 saturated carbocycles. The first-order valence-corrected chi connectivity index (χ1v) is 5.76. The highest BCUT2D eigenvalue weighted by Crippen LogP contribution is 2.34. The molecule has 1 unspecified atom stereocenters. The predicted octanol–water partition coefficient (Wildman–Crippen LogP) is 1.47. The highest BCUT2D eigenvalue weighted by atomic mass is 15.2. The first-order valence-electron chi connectivity index (χ1n) is 5.76. The fourth-order valence-electron chi connectivity index (χ4n) is 2.20. The van der Waals surface area contributed by atoms with Crippen molar-refractivity contribution in [2.45, 2.75) is 44.7 Å². The van der Waals surface area contributed by atoms with Crippen LogP contribution in [0.3, 0.4) is 0 Å². The monoisotopic (exact) mass is 182 g/mol. The molecule has 2 fully saturated rings. The molecule has 1 atom stereocenters. The van der Waals surface area contributed by atoms with E-state index in [-0.39, 0.29) is 0 Å². The highest BCUT2D eigenvalue weighted by molar-refractivity contribution is 4.91. The average molecular weight is 182 g/mol. The summed E-state index contributed by atoms with van der Waals surface area (Å²) >= 11 is 0. The predicted molar refractivity (Wildman–Crippen MR) is 55.8 cm³/mol. The summed E-state index contributed by atoms with van der Waals surface area (Å²) in [7, 11) is 2.11. The van der Waals surface area contributed by atoms with Gasteiger partial charge in [-0.25, -0.2) is 0 Å². The second-order valence-corrected chi connectivity index (χ2v) is 4.55. The second-order valence-electron chi connectivity index (χ2n) is 4.55. The number of nitrogens with zero attached hydrogens (tertiary/aromatic N) is 1. The fourth-order valence-corrected chi connectivity index (χ4v) is 2.20. The molecule has 0 amide bonds. The lowest BCUT2D eigenvalue weighted by Crippen LogP contribution is -2.41. The number of hydrogen-bond acceptors (Lipinski definition) is 2. The Morgan fingerprint density at radius 1 is 1.31 bits per heavy atom. The van der Waals surface area contributed by atoms with Crippen LogP contribution in [-0.2, 0) is 0 Å². The molecule has 2 nitrogen and oxygen atoms in total. The van der Waals surface area contributed by atoms with E-state index in [9.17, 15) is 0 Å². The molecule has 2 heteroatoms. The van der Waals surface area contributed by atoms with Crippen molar-refractivity contribution in [1.29, 1.82) is 0 Å². The Morgan fingerprint density at radius 3 is 2.38 bits per heavy atom. The molecular weight excluding hydrogens is 160 g/mol. The van der Waals surface area contributed by atoms with Gasteiger partial charge in [-0.3, -0.25) is 4.90 Å². The van der Waals surface area contributed by atoms with E-state index in [0.717, 1.165) is 18.0 Å². The Hall–Kier alpha value is -0.0800. The summed E-state index contributed by atoms with van der Waals surface area (Å²) in [5, 5.41) is 3.47. The average Bonchev–Trinajstić information content (AvgIpc) is 2.99. The van der Waals surface area contributed by atoms with Gasteiger partial charge >= 0.3 is 0 Å². The lowest BCUT2D eigenvalue weighted by Gasteiger charge is -2.26. The first kappa shape index (κ1) is 9.47. The molecule has 2 rings (SSSR count). The summed E-state index contributed by atoms with van der Waals surface area (Å²) in [6.45, 7) is 4.80. The maximum atomic E-state index is 3.47. The molecule has 76 valence electrons. The molecular formula is C11H22N2. The van der Waals surface area contributed by atoms with Crippen LogP contribution in [0, 0.1) is 5.92 Å². The van der Waals surface area contributed by atoms with Gasteiger partial charge in [0, 0.05) is 18.6 Å². The van der Waals surface area contributed by atoms with E-state index in [1.807, 2.05) is 0 Å². The third-order valence-corrected chi connectivity index (χ3v) is 3.46. The van der Waals surface area contributed by atoms with Crippen molar-refractivity contribution in [2.24, 2.45) is 5.92 Å². The lowest BCUT2D eigenvalue weighted by molar-refractivity contribution is 0.237. The van der Waals surface area contributed by atoms with Crippen LogP contribution in [-0.4, -0.2) is 37.1 Å². The van der Waals surface area contributed by atoms with Crippen molar-refractivity contribution in [3.8, 4) is 0 Å². The van der Waals surface area contributed by atoms with E-state index in [4.69, 9.17) is 0 Å².